The molecule has 3 rings (SSSR count). The zero-order valence-corrected chi connectivity index (χ0v) is 16.2. The van der Waals surface area contributed by atoms with E-state index in [1.807, 2.05) is 24.3 Å². The lowest BCUT2D eigenvalue weighted by Crippen LogP contribution is -2.23. The number of H-pyrrole nitrogens is 1. The van der Waals surface area contributed by atoms with Crippen molar-refractivity contribution in [3.63, 3.8) is 0 Å². The SMILES string of the molecule is Cc1nc(SCc2cccc(Cl)c2)[nH]c(=O)c1CC(=O)Nc1nccs1. The van der Waals surface area contributed by atoms with Crippen molar-refractivity contribution in [3.8, 4) is 0 Å². The minimum Gasteiger partial charge on any atom is -0.302 e. The van der Waals surface area contributed by atoms with Crippen molar-refractivity contribution in [1.29, 1.82) is 0 Å². The van der Waals surface area contributed by atoms with E-state index in [4.69, 9.17) is 11.6 Å². The number of anilines is 1. The molecular formula is C17H15ClN4O2S2. The summed E-state index contributed by atoms with van der Waals surface area (Å²) in [5, 5.41) is 6.11. The van der Waals surface area contributed by atoms with Gasteiger partial charge in [0.1, 0.15) is 0 Å². The van der Waals surface area contributed by atoms with E-state index in [0.717, 1.165) is 5.56 Å². The number of amides is 1. The van der Waals surface area contributed by atoms with E-state index in [0.29, 0.717) is 32.3 Å². The number of aromatic amines is 1. The average Bonchev–Trinajstić information content (AvgIpc) is 3.09. The Kier molecular flexibility index (Phi) is 6.08. The summed E-state index contributed by atoms with van der Waals surface area (Å²) in [7, 11) is 0. The Bertz CT molecular complexity index is 973. The van der Waals surface area contributed by atoms with Gasteiger partial charge in [-0.3, -0.25) is 9.59 Å². The number of hydrogen-bond donors (Lipinski definition) is 2. The summed E-state index contributed by atoms with van der Waals surface area (Å²) in [5.41, 5.74) is 1.62. The molecule has 1 aromatic carbocycles. The summed E-state index contributed by atoms with van der Waals surface area (Å²) in [6, 6.07) is 7.52. The van der Waals surface area contributed by atoms with Gasteiger partial charge in [0, 0.05) is 33.6 Å². The average molecular weight is 407 g/mol. The lowest BCUT2D eigenvalue weighted by Gasteiger charge is -2.07. The van der Waals surface area contributed by atoms with Gasteiger partial charge < -0.3 is 10.3 Å². The second kappa shape index (κ2) is 8.48. The van der Waals surface area contributed by atoms with E-state index < -0.39 is 0 Å². The molecule has 0 unspecified atom stereocenters. The molecule has 9 heteroatoms. The molecule has 2 aromatic heterocycles. The van der Waals surface area contributed by atoms with Crippen LogP contribution in [0, 0.1) is 6.92 Å². The molecule has 2 N–H and O–H groups in total. The number of nitrogens with one attached hydrogen (secondary N) is 2. The third kappa shape index (κ3) is 4.94. The molecule has 0 radical (unpaired) electrons. The fourth-order valence-corrected chi connectivity index (χ4v) is 3.86. The summed E-state index contributed by atoms with van der Waals surface area (Å²) in [4.78, 5) is 35.5. The number of carbonyl (C=O) groups excluding carboxylic acids is 1. The molecule has 0 saturated heterocycles. The first-order valence-electron chi connectivity index (χ1n) is 7.67. The molecule has 2 heterocycles. The Morgan fingerprint density at radius 1 is 1.42 bits per heavy atom. The second-order valence-corrected chi connectivity index (χ2v) is 7.71. The largest absolute Gasteiger partial charge is 0.302 e. The van der Waals surface area contributed by atoms with Crippen LogP contribution in [0.15, 0.2) is 45.8 Å². The zero-order chi connectivity index (χ0) is 18.5. The molecule has 1 amide bonds. The highest BCUT2D eigenvalue weighted by Gasteiger charge is 2.14. The first-order chi connectivity index (χ1) is 12.5. The molecule has 6 nitrogen and oxygen atoms in total. The Morgan fingerprint density at radius 2 is 2.27 bits per heavy atom. The van der Waals surface area contributed by atoms with E-state index in [1.165, 1.54) is 23.1 Å². The van der Waals surface area contributed by atoms with Crippen LogP contribution in [0.2, 0.25) is 5.02 Å². The number of nitrogens with zero attached hydrogens (tertiary/aromatic N) is 2. The highest BCUT2D eigenvalue weighted by molar-refractivity contribution is 7.98. The number of aromatic nitrogens is 3. The third-order valence-corrected chi connectivity index (χ3v) is 5.35. The minimum absolute atomic E-state index is 0.0486. The molecule has 0 aliphatic heterocycles. The number of benzene rings is 1. The first-order valence-corrected chi connectivity index (χ1v) is 9.92. The van der Waals surface area contributed by atoms with Gasteiger partial charge in [0.05, 0.1) is 6.42 Å². The lowest BCUT2D eigenvalue weighted by atomic mass is 10.1. The van der Waals surface area contributed by atoms with Crippen molar-refractivity contribution in [2.45, 2.75) is 24.3 Å². The normalized spacial score (nSPS) is 10.7. The number of thiazole rings is 1. The standard InChI is InChI=1S/C17H15ClN4O2S2/c1-10-13(8-14(23)21-16-19-5-6-25-16)15(24)22-17(20-10)26-9-11-3-2-4-12(18)7-11/h2-7H,8-9H2,1H3,(H,19,21,23)(H,20,22,24). The Morgan fingerprint density at radius 3 is 2.96 bits per heavy atom. The van der Waals surface area contributed by atoms with Gasteiger partial charge in [0.2, 0.25) is 5.91 Å². The molecule has 0 bridgehead atoms. The molecule has 0 aliphatic carbocycles. The fraction of sp³-hybridized carbons (Fsp3) is 0.176. The molecule has 26 heavy (non-hydrogen) atoms. The van der Waals surface area contributed by atoms with Gasteiger partial charge >= 0.3 is 0 Å². The maximum Gasteiger partial charge on any atom is 0.255 e. The summed E-state index contributed by atoms with van der Waals surface area (Å²) < 4.78 is 0. The molecule has 0 atom stereocenters. The summed E-state index contributed by atoms with van der Waals surface area (Å²) in [6.07, 6.45) is 1.55. The maximum absolute atomic E-state index is 12.3. The van der Waals surface area contributed by atoms with Crippen LogP contribution < -0.4 is 10.9 Å². The third-order valence-electron chi connectivity index (χ3n) is 3.48. The number of halogens is 1. The van der Waals surface area contributed by atoms with E-state index >= 15 is 0 Å². The summed E-state index contributed by atoms with van der Waals surface area (Å²) in [5.74, 6) is 0.335. The number of hydrogen-bond acceptors (Lipinski definition) is 6. The van der Waals surface area contributed by atoms with Crippen LogP contribution in [-0.2, 0) is 17.0 Å². The van der Waals surface area contributed by atoms with E-state index in [9.17, 15) is 9.59 Å². The van der Waals surface area contributed by atoms with Crippen LogP contribution in [0.5, 0.6) is 0 Å². The maximum atomic E-state index is 12.3. The van der Waals surface area contributed by atoms with E-state index in [2.05, 4.69) is 20.3 Å². The minimum atomic E-state index is -0.305. The van der Waals surface area contributed by atoms with Crippen molar-refractivity contribution < 1.29 is 4.79 Å². The van der Waals surface area contributed by atoms with Crippen LogP contribution in [-0.4, -0.2) is 20.9 Å². The zero-order valence-electron chi connectivity index (χ0n) is 13.8. The molecule has 0 fully saturated rings. The Hall–Kier alpha value is -2.16. The lowest BCUT2D eigenvalue weighted by molar-refractivity contribution is -0.115. The molecule has 0 saturated carbocycles. The molecule has 134 valence electrons. The highest BCUT2D eigenvalue weighted by Crippen LogP contribution is 2.21. The van der Waals surface area contributed by atoms with Gasteiger partial charge in [0.25, 0.3) is 5.56 Å². The number of aryl methyl sites for hydroxylation is 1. The number of thioether (sulfide) groups is 1. The van der Waals surface area contributed by atoms with E-state index in [1.54, 1.807) is 18.5 Å². The van der Waals surface area contributed by atoms with Crippen LogP contribution in [0.4, 0.5) is 5.13 Å². The van der Waals surface area contributed by atoms with Gasteiger partial charge in [-0.25, -0.2) is 9.97 Å². The van der Waals surface area contributed by atoms with Gasteiger partial charge in [-0.2, -0.15) is 0 Å². The Balaban J connectivity index is 1.67. The van der Waals surface area contributed by atoms with Gasteiger partial charge in [-0.05, 0) is 24.6 Å². The molecule has 0 aliphatic rings. The topological polar surface area (TPSA) is 87.7 Å². The van der Waals surface area contributed by atoms with Gasteiger partial charge in [-0.1, -0.05) is 35.5 Å². The van der Waals surface area contributed by atoms with Crippen LogP contribution in [0.1, 0.15) is 16.8 Å². The smallest absolute Gasteiger partial charge is 0.255 e. The first kappa shape index (κ1) is 18.6. The van der Waals surface area contributed by atoms with Crippen LogP contribution >= 0.6 is 34.7 Å². The fourth-order valence-electron chi connectivity index (χ4n) is 2.25. The summed E-state index contributed by atoms with van der Waals surface area (Å²) in [6.45, 7) is 1.73. The molecular weight excluding hydrogens is 392 g/mol. The van der Waals surface area contributed by atoms with Gasteiger partial charge in [0.15, 0.2) is 10.3 Å². The second-order valence-electron chi connectivity index (χ2n) is 5.42. The van der Waals surface area contributed by atoms with Crippen molar-refractivity contribution >= 4 is 45.7 Å². The highest BCUT2D eigenvalue weighted by atomic mass is 35.5. The van der Waals surface area contributed by atoms with E-state index in [-0.39, 0.29) is 17.9 Å². The number of rotatable bonds is 6. The van der Waals surface area contributed by atoms with Crippen molar-refractivity contribution in [2.75, 3.05) is 5.32 Å². The monoisotopic (exact) mass is 406 g/mol. The van der Waals surface area contributed by atoms with Crippen molar-refractivity contribution in [1.82, 2.24) is 15.0 Å². The predicted octanol–water partition coefficient (Wildman–Crippen LogP) is 3.66. The molecule has 3 aromatic rings. The van der Waals surface area contributed by atoms with Crippen LogP contribution in [0.25, 0.3) is 0 Å². The summed E-state index contributed by atoms with van der Waals surface area (Å²) >= 11 is 8.70. The Labute approximate surface area is 163 Å². The van der Waals surface area contributed by atoms with Crippen molar-refractivity contribution in [2.24, 2.45) is 0 Å². The quantitative estimate of drug-likeness (QED) is 0.481. The predicted molar refractivity (Wildman–Crippen MR) is 105 cm³/mol. The van der Waals surface area contributed by atoms with Gasteiger partial charge in [-0.15, -0.1) is 11.3 Å². The molecule has 0 spiro atoms. The van der Waals surface area contributed by atoms with Crippen LogP contribution in [0.3, 0.4) is 0 Å². The number of carbonyl (C=O) groups is 1. The van der Waals surface area contributed by atoms with Crippen molar-refractivity contribution in [3.05, 3.63) is 68.0 Å².